The molecule has 0 unspecified atom stereocenters. The van der Waals surface area contributed by atoms with Gasteiger partial charge in [-0.05, 0) is 36.8 Å². The lowest BCUT2D eigenvalue weighted by molar-refractivity contribution is 0.0955. The molecule has 0 bridgehead atoms. The Hall–Kier alpha value is -3.26. The second-order valence-corrected chi connectivity index (χ2v) is 6.37. The number of pyridine rings is 1. The molecule has 0 saturated carbocycles. The summed E-state index contributed by atoms with van der Waals surface area (Å²) in [5, 5.41) is 11.1. The van der Waals surface area contributed by atoms with E-state index >= 15 is 0 Å². The van der Waals surface area contributed by atoms with E-state index in [0.717, 1.165) is 16.9 Å². The monoisotopic (exact) mass is 364 g/mol. The van der Waals surface area contributed by atoms with E-state index in [2.05, 4.69) is 31.5 Å². The number of aromatic nitrogens is 5. The number of H-pyrrole nitrogens is 1. The van der Waals surface area contributed by atoms with Crippen LogP contribution in [0.1, 0.15) is 27.6 Å². The molecule has 0 fully saturated rings. The molecule has 1 amide bonds. The van der Waals surface area contributed by atoms with Gasteiger partial charge in [0.2, 0.25) is 0 Å². The zero-order valence-electron chi connectivity index (χ0n) is 15.2. The summed E-state index contributed by atoms with van der Waals surface area (Å²) in [4.78, 5) is 20.4. The van der Waals surface area contributed by atoms with Crippen molar-refractivity contribution in [2.75, 3.05) is 13.7 Å². The van der Waals surface area contributed by atoms with Gasteiger partial charge in [0, 0.05) is 26.3 Å². The fourth-order valence-corrected chi connectivity index (χ4v) is 3.05. The minimum absolute atomic E-state index is 0.191. The van der Waals surface area contributed by atoms with Gasteiger partial charge >= 0.3 is 0 Å². The van der Waals surface area contributed by atoms with Gasteiger partial charge in [-0.15, -0.1) is 10.2 Å². The first kappa shape index (κ1) is 17.2. The molecular formula is C19H20N6O2. The van der Waals surface area contributed by atoms with Gasteiger partial charge in [-0.1, -0.05) is 6.07 Å². The third-order valence-corrected chi connectivity index (χ3v) is 4.36. The zero-order chi connectivity index (χ0) is 18.8. The van der Waals surface area contributed by atoms with E-state index in [1.807, 2.05) is 25.3 Å². The quantitative estimate of drug-likeness (QED) is 0.546. The standard InChI is InChI=1S/C19H20N6O2/c1-12-5-6-14-15(10-12)22-16(21-14)7-8-20-19(26)13-4-3-9-25-17(11-27-2)23-24-18(13)25/h3-6,9-10H,7-8,11H2,1-2H3,(H,20,26)(H,21,22). The molecule has 8 heteroatoms. The molecule has 4 rings (SSSR count). The van der Waals surface area contributed by atoms with E-state index in [1.165, 1.54) is 5.56 Å². The maximum absolute atomic E-state index is 12.6. The summed E-state index contributed by atoms with van der Waals surface area (Å²) in [6.07, 6.45) is 2.43. The van der Waals surface area contributed by atoms with Gasteiger partial charge in [0.05, 0.1) is 16.6 Å². The lowest BCUT2D eigenvalue weighted by Crippen LogP contribution is -2.26. The number of hydrogen-bond acceptors (Lipinski definition) is 5. The van der Waals surface area contributed by atoms with Crippen LogP contribution in [-0.2, 0) is 17.8 Å². The molecule has 8 nitrogen and oxygen atoms in total. The van der Waals surface area contributed by atoms with Crippen LogP contribution in [0.4, 0.5) is 0 Å². The van der Waals surface area contributed by atoms with Crippen molar-refractivity contribution in [3.8, 4) is 0 Å². The highest BCUT2D eigenvalue weighted by molar-refractivity contribution is 5.99. The number of ether oxygens (including phenoxy) is 1. The topological polar surface area (TPSA) is 97.2 Å². The number of aromatic amines is 1. The summed E-state index contributed by atoms with van der Waals surface area (Å²) in [6.45, 7) is 2.85. The van der Waals surface area contributed by atoms with Crippen LogP contribution >= 0.6 is 0 Å². The number of imidazole rings is 1. The first-order chi connectivity index (χ1) is 13.2. The minimum Gasteiger partial charge on any atom is -0.377 e. The SMILES string of the molecule is COCc1nnc2c(C(=O)NCCc3nc4ccc(C)cc4[nH]3)cccn12. The van der Waals surface area contributed by atoms with Crippen molar-refractivity contribution in [3.05, 3.63) is 59.3 Å². The highest BCUT2D eigenvalue weighted by atomic mass is 16.5. The fraction of sp³-hybridized carbons (Fsp3) is 0.263. The molecule has 0 spiro atoms. The second kappa shape index (κ2) is 7.16. The molecule has 0 atom stereocenters. The predicted molar refractivity (Wildman–Crippen MR) is 101 cm³/mol. The normalized spacial score (nSPS) is 11.3. The lowest BCUT2D eigenvalue weighted by Gasteiger charge is -2.05. The lowest BCUT2D eigenvalue weighted by atomic mass is 10.2. The Morgan fingerprint density at radius 1 is 1.30 bits per heavy atom. The van der Waals surface area contributed by atoms with Gasteiger partial charge in [0.15, 0.2) is 11.5 Å². The summed E-state index contributed by atoms with van der Waals surface area (Å²) in [6, 6.07) is 9.62. The van der Waals surface area contributed by atoms with Crippen molar-refractivity contribution in [2.45, 2.75) is 20.0 Å². The molecule has 27 heavy (non-hydrogen) atoms. The van der Waals surface area contributed by atoms with Gasteiger partial charge in [-0.25, -0.2) is 4.98 Å². The average Bonchev–Trinajstić information content (AvgIpc) is 3.25. The van der Waals surface area contributed by atoms with E-state index in [0.29, 0.717) is 36.6 Å². The summed E-state index contributed by atoms with van der Waals surface area (Å²) in [5.41, 5.74) is 4.12. The van der Waals surface area contributed by atoms with Crippen molar-refractivity contribution in [1.82, 2.24) is 29.9 Å². The Balaban J connectivity index is 1.45. The van der Waals surface area contributed by atoms with Crippen molar-refractivity contribution in [3.63, 3.8) is 0 Å². The highest BCUT2D eigenvalue weighted by Crippen LogP contribution is 2.14. The van der Waals surface area contributed by atoms with Gasteiger partial charge in [0.25, 0.3) is 5.91 Å². The zero-order valence-corrected chi connectivity index (χ0v) is 15.2. The molecule has 1 aromatic carbocycles. The van der Waals surface area contributed by atoms with E-state index in [9.17, 15) is 4.79 Å². The van der Waals surface area contributed by atoms with Crippen molar-refractivity contribution < 1.29 is 9.53 Å². The summed E-state index contributed by atoms with van der Waals surface area (Å²) < 4.78 is 6.87. The van der Waals surface area contributed by atoms with Crippen molar-refractivity contribution >= 4 is 22.6 Å². The first-order valence-corrected chi connectivity index (χ1v) is 8.70. The van der Waals surface area contributed by atoms with E-state index in [-0.39, 0.29) is 5.91 Å². The van der Waals surface area contributed by atoms with Crippen LogP contribution in [0.2, 0.25) is 0 Å². The molecule has 2 N–H and O–H groups in total. The minimum atomic E-state index is -0.191. The highest BCUT2D eigenvalue weighted by Gasteiger charge is 2.14. The number of rotatable bonds is 6. The molecule has 3 heterocycles. The third kappa shape index (κ3) is 3.39. The number of aryl methyl sites for hydroxylation is 1. The number of carbonyl (C=O) groups is 1. The molecule has 0 aliphatic rings. The Bertz CT molecular complexity index is 1110. The van der Waals surface area contributed by atoms with E-state index in [1.54, 1.807) is 23.6 Å². The predicted octanol–water partition coefficient (Wildman–Crippen LogP) is 2.03. The van der Waals surface area contributed by atoms with Gasteiger partial charge in [0.1, 0.15) is 12.4 Å². The number of methoxy groups -OCH3 is 1. The number of carbonyl (C=O) groups excluding carboxylic acids is 1. The van der Waals surface area contributed by atoms with Crippen LogP contribution in [0.3, 0.4) is 0 Å². The molecule has 138 valence electrons. The third-order valence-electron chi connectivity index (χ3n) is 4.36. The largest absolute Gasteiger partial charge is 0.377 e. The Morgan fingerprint density at radius 2 is 2.19 bits per heavy atom. The summed E-state index contributed by atoms with van der Waals surface area (Å²) in [5.74, 6) is 1.31. The first-order valence-electron chi connectivity index (χ1n) is 8.70. The average molecular weight is 364 g/mol. The molecule has 0 aliphatic heterocycles. The van der Waals surface area contributed by atoms with Crippen molar-refractivity contribution in [2.24, 2.45) is 0 Å². The van der Waals surface area contributed by atoms with Crippen LogP contribution in [0.5, 0.6) is 0 Å². The number of amides is 1. The van der Waals surface area contributed by atoms with Crippen LogP contribution in [0.25, 0.3) is 16.7 Å². The number of fused-ring (bicyclic) bond motifs is 2. The molecule has 0 aliphatic carbocycles. The number of nitrogens with one attached hydrogen (secondary N) is 2. The molecule has 0 saturated heterocycles. The van der Waals surface area contributed by atoms with E-state index < -0.39 is 0 Å². The van der Waals surface area contributed by atoms with Gasteiger partial charge < -0.3 is 15.0 Å². The van der Waals surface area contributed by atoms with Crippen LogP contribution in [0.15, 0.2) is 36.5 Å². The molecule has 4 aromatic rings. The summed E-state index contributed by atoms with van der Waals surface area (Å²) >= 11 is 0. The fourth-order valence-electron chi connectivity index (χ4n) is 3.05. The van der Waals surface area contributed by atoms with Crippen molar-refractivity contribution in [1.29, 1.82) is 0 Å². The number of hydrogen-bond donors (Lipinski definition) is 2. The second-order valence-electron chi connectivity index (χ2n) is 6.37. The van der Waals surface area contributed by atoms with Crippen LogP contribution in [0, 0.1) is 6.92 Å². The molecule has 0 radical (unpaired) electrons. The van der Waals surface area contributed by atoms with Gasteiger partial charge in [-0.3, -0.25) is 9.20 Å². The Morgan fingerprint density at radius 3 is 3.04 bits per heavy atom. The number of nitrogens with zero attached hydrogens (tertiary/aromatic N) is 4. The van der Waals surface area contributed by atoms with Crippen LogP contribution < -0.4 is 5.32 Å². The Labute approximate surface area is 155 Å². The molecular weight excluding hydrogens is 344 g/mol. The van der Waals surface area contributed by atoms with Crippen LogP contribution in [-0.4, -0.2) is 44.1 Å². The molecule has 3 aromatic heterocycles. The Kier molecular flexibility index (Phi) is 4.55. The maximum Gasteiger partial charge on any atom is 0.255 e. The summed E-state index contributed by atoms with van der Waals surface area (Å²) in [7, 11) is 1.59. The van der Waals surface area contributed by atoms with E-state index in [4.69, 9.17) is 4.74 Å². The number of benzene rings is 1. The van der Waals surface area contributed by atoms with Gasteiger partial charge in [-0.2, -0.15) is 0 Å². The smallest absolute Gasteiger partial charge is 0.255 e. The maximum atomic E-state index is 12.6.